The third-order valence-corrected chi connectivity index (χ3v) is 6.31. The minimum Gasteiger partial charge on any atom is -0.368 e. The minimum absolute atomic E-state index is 0.00485. The van der Waals surface area contributed by atoms with Gasteiger partial charge in [-0.25, -0.2) is 4.79 Å². The van der Waals surface area contributed by atoms with Crippen molar-refractivity contribution in [2.75, 3.05) is 31.1 Å². The summed E-state index contributed by atoms with van der Waals surface area (Å²) in [6, 6.07) is 15.8. The molecule has 9 heteroatoms. The summed E-state index contributed by atoms with van der Waals surface area (Å²) in [4.78, 5) is 35.0. The number of aromatic nitrogens is 4. The summed E-state index contributed by atoms with van der Waals surface area (Å²) in [5.41, 5.74) is 3.18. The summed E-state index contributed by atoms with van der Waals surface area (Å²) in [6.45, 7) is 8.43. The van der Waals surface area contributed by atoms with Gasteiger partial charge in [-0.15, -0.1) is 0 Å². The SMILES string of the molecule is Cc1nc(-c2ccc3c(c2)n(CC(=O)N2CCN(c4ccccc4)CC2)c(=O)n3C(C)C)no1. The molecule has 0 aliphatic carbocycles. The van der Waals surface area contributed by atoms with Crippen LogP contribution in [0.3, 0.4) is 0 Å². The molecular formula is C25H28N6O3. The number of fused-ring (bicyclic) bond motifs is 1. The van der Waals surface area contributed by atoms with Crippen molar-refractivity contribution in [3.63, 3.8) is 0 Å². The van der Waals surface area contributed by atoms with Crippen LogP contribution in [0.5, 0.6) is 0 Å². The van der Waals surface area contributed by atoms with E-state index >= 15 is 0 Å². The van der Waals surface area contributed by atoms with Gasteiger partial charge in [0, 0.05) is 50.4 Å². The number of benzene rings is 2. The highest BCUT2D eigenvalue weighted by atomic mass is 16.5. The lowest BCUT2D eigenvalue weighted by Gasteiger charge is -2.36. The number of nitrogens with zero attached hydrogens (tertiary/aromatic N) is 6. The number of rotatable bonds is 5. The lowest BCUT2D eigenvalue weighted by molar-refractivity contribution is -0.132. The molecule has 9 nitrogen and oxygen atoms in total. The van der Waals surface area contributed by atoms with Crippen LogP contribution in [0.1, 0.15) is 25.8 Å². The second kappa shape index (κ2) is 8.81. The number of imidazole rings is 1. The first-order valence-electron chi connectivity index (χ1n) is 11.6. The van der Waals surface area contributed by atoms with E-state index in [1.54, 1.807) is 16.1 Å². The first-order chi connectivity index (χ1) is 16.4. The number of carbonyl (C=O) groups excluding carboxylic acids is 1. The third-order valence-electron chi connectivity index (χ3n) is 6.31. The largest absolute Gasteiger partial charge is 0.368 e. The van der Waals surface area contributed by atoms with Crippen LogP contribution < -0.4 is 10.6 Å². The van der Waals surface area contributed by atoms with Gasteiger partial charge < -0.3 is 14.3 Å². The van der Waals surface area contributed by atoms with Crippen molar-refractivity contribution < 1.29 is 9.32 Å². The fourth-order valence-electron chi connectivity index (χ4n) is 4.58. The molecule has 4 aromatic rings. The molecule has 34 heavy (non-hydrogen) atoms. The Morgan fingerprint density at radius 3 is 2.41 bits per heavy atom. The fourth-order valence-corrected chi connectivity index (χ4v) is 4.58. The molecule has 0 unspecified atom stereocenters. The Kier molecular flexibility index (Phi) is 5.69. The maximum absolute atomic E-state index is 13.3. The molecule has 0 saturated carbocycles. The maximum atomic E-state index is 13.3. The Labute approximate surface area is 197 Å². The van der Waals surface area contributed by atoms with Crippen molar-refractivity contribution in [3.8, 4) is 11.4 Å². The zero-order chi connectivity index (χ0) is 23.8. The van der Waals surface area contributed by atoms with E-state index < -0.39 is 0 Å². The summed E-state index contributed by atoms with van der Waals surface area (Å²) in [7, 11) is 0. The van der Waals surface area contributed by atoms with Gasteiger partial charge in [-0.2, -0.15) is 4.98 Å². The summed E-state index contributed by atoms with van der Waals surface area (Å²) in [5.74, 6) is 0.870. The molecule has 1 fully saturated rings. The Morgan fingerprint density at radius 2 is 1.76 bits per heavy atom. The van der Waals surface area contributed by atoms with Crippen LogP contribution >= 0.6 is 0 Å². The summed E-state index contributed by atoms with van der Waals surface area (Å²) in [6.07, 6.45) is 0. The second-order valence-corrected chi connectivity index (χ2v) is 8.88. The molecule has 1 saturated heterocycles. The number of amides is 1. The van der Waals surface area contributed by atoms with Crippen molar-refractivity contribution in [2.45, 2.75) is 33.4 Å². The Morgan fingerprint density at radius 1 is 1.03 bits per heavy atom. The van der Waals surface area contributed by atoms with Crippen molar-refractivity contribution in [1.82, 2.24) is 24.2 Å². The smallest absolute Gasteiger partial charge is 0.329 e. The maximum Gasteiger partial charge on any atom is 0.329 e. The molecule has 1 amide bonds. The van der Waals surface area contributed by atoms with E-state index in [0.717, 1.165) is 29.9 Å². The van der Waals surface area contributed by atoms with Crippen LogP contribution in [0.15, 0.2) is 57.8 Å². The van der Waals surface area contributed by atoms with Crippen LogP contribution in [0.4, 0.5) is 5.69 Å². The van der Waals surface area contributed by atoms with Crippen molar-refractivity contribution in [1.29, 1.82) is 0 Å². The lowest BCUT2D eigenvalue weighted by Crippen LogP contribution is -2.50. The van der Waals surface area contributed by atoms with Gasteiger partial charge in [0.2, 0.25) is 17.6 Å². The molecule has 2 aromatic heterocycles. The molecule has 1 aliphatic heterocycles. The molecular weight excluding hydrogens is 432 g/mol. The zero-order valence-electron chi connectivity index (χ0n) is 19.6. The van der Waals surface area contributed by atoms with Gasteiger partial charge in [-0.3, -0.25) is 13.9 Å². The van der Waals surface area contributed by atoms with Gasteiger partial charge in [0.15, 0.2) is 0 Å². The van der Waals surface area contributed by atoms with E-state index in [2.05, 4.69) is 27.2 Å². The van der Waals surface area contributed by atoms with E-state index in [9.17, 15) is 9.59 Å². The standard InChI is InChI=1S/C25H28N6O3/c1-17(2)31-21-10-9-19(24-26-18(3)34-27-24)15-22(21)30(25(31)33)16-23(32)29-13-11-28(12-14-29)20-7-5-4-6-8-20/h4-10,15,17H,11-14,16H2,1-3H3. The van der Waals surface area contributed by atoms with Gasteiger partial charge in [0.1, 0.15) is 6.54 Å². The minimum atomic E-state index is -0.192. The fraction of sp³-hybridized carbons (Fsp3) is 0.360. The number of anilines is 1. The Hall–Kier alpha value is -3.88. The molecule has 0 spiro atoms. The third kappa shape index (κ3) is 3.98. The van der Waals surface area contributed by atoms with Crippen LogP contribution in [-0.4, -0.2) is 56.3 Å². The molecule has 5 rings (SSSR count). The molecule has 3 heterocycles. The highest BCUT2D eigenvalue weighted by Gasteiger charge is 2.24. The predicted octanol–water partition coefficient (Wildman–Crippen LogP) is 3.09. The van der Waals surface area contributed by atoms with Gasteiger partial charge in [-0.05, 0) is 44.2 Å². The molecule has 0 bridgehead atoms. The molecule has 1 aliphatic rings. The summed E-state index contributed by atoms with van der Waals surface area (Å²) in [5, 5.41) is 3.99. The number of aryl methyl sites for hydroxylation is 1. The van der Waals surface area contributed by atoms with E-state index in [4.69, 9.17) is 4.52 Å². The Bertz CT molecular complexity index is 1380. The Balaban J connectivity index is 1.42. The van der Waals surface area contributed by atoms with E-state index in [1.807, 2.05) is 55.1 Å². The molecule has 2 aromatic carbocycles. The van der Waals surface area contributed by atoms with Crippen LogP contribution in [0.25, 0.3) is 22.4 Å². The van der Waals surface area contributed by atoms with Gasteiger partial charge in [0.05, 0.1) is 11.0 Å². The predicted molar refractivity (Wildman–Crippen MR) is 130 cm³/mol. The van der Waals surface area contributed by atoms with Gasteiger partial charge in [0.25, 0.3) is 0 Å². The summed E-state index contributed by atoms with van der Waals surface area (Å²) >= 11 is 0. The number of para-hydroxylation sites is 1. The quantitative estimate of drug-likeness (QED) is 0.455. The van der Waals surface area contributed by atoms with Crippen LogP contribution in [0.2, 0.25) is 0 Å². The number of piperazine rings is 1. The van der Waals surface area contributed by atoms with E-state index in [-0.39, 0.29) is 24.2 Å². The van der Waals surface area contributed by atoms with Gasteiger partial charge >= 0.3 is 5.69 Å². The number of hydrogen-bond donors (Lipinski definition) is 0. The average Bonchev–Trinajstić information content (AvgIpc) is 3.40. The first kappa shape index (κ1) is 21.9. The van der Waals surface area contributed by atoms with Crippen molar-refractivity contribution in [3.05, 3.63) is 64.9 Å². The highest BCUT2D eigenvalue weighted by molar-refractivity contribution is 5.84. The topological polar surface area (TPSA) is 89.4 Å². The van der Waals surface area contributed by atoms with Crippen LogP contribution in [-0.2, 0) is 11.3 Å². The summed E-state index contributed by atoms with van der Waals surface area (Å²) < 4.78 is 8.40. The lowest BCUT2D eigenvalue weighted by atomic mass is 10.2. The number of carbonyl (C=O) groups is 1. The second-order valence-electron chi connectivity index (χ2n) is 8.88. The first-order valence-corrected chi connectivity index (χ1v) is 11.6. The molecule has 0 atom stereocenters. The van der Waals surface area contributed by atoms with Crippen molar-refractivity contribution >= 4 is 22.6 Å². The van der Waals surface area contributed by atoms with Gasteiger partial charge in [-0.1, -0.05) is 23.4 Å². The van der Waals surface area contributed by atoms with Crippen LogP contribution in [0, 0.1) is 6.92 Å². The number of hydrogen-bond acceptors (Lipinski definition) is 6. The zero-order valence-corrected chi connectivity index (χ0v) is 19.6. The van der Waals surface area contributed by atoms with E-state index in [0.29, 0.717) is 30.3 Å². The average molecular weight is 461 g/mol. The molecule has 0 N–H and O–H groups in total. The van der Waals surface area contributed by atoms with Crippen molar-refractivity contribution in [2.24, 2.45) is 0 Å². The van der Waals surface area contributed by atoms with E-state index in [1.165, 1.54) is 0 Å². The normalized spacial score (nSPS) is 14.4. The monoisotopic (exact) mass is 460 g/mol. The molecule has 0 radical (unpaired) electrons. The highest BCUT2D eigenvalue weighted by Crippen LogP contribution is 2.24. The molecule has 176 valence electrons.